The van der Waals surface area contributed by atoms with Gasteiger partial charge in [0.1, 0.15) is 12.1 Å². The van der Waals surface area contributed by atoms with Gasteiger partial charge in [0.2, 0.25) is 11.6 Å². The summed E-state index contributed by atoms with van der Waals surface area (Å²) in [4.78, 5) is 12.7. The number of aromatic hydroxyl groups is 1. The summed E-state index contributed by atoms with van der Waals surface area (Å²) in [5.74, 6) is -0.120. The Hall–Kier alpha value is -4.27. The van der Waals surface area contributed by atoms with Gasteiger partial charge in [0, 0.05) is 12.8 Å². The molecule has 0 unspecified atom stereocenters. The summed E-state index contributed by atoms with van der Waals surface area (Å²) in [6, 6.07) is 6.30. The first-order valence-electron chi connectivity index (χ1n) is 8.65. The number of phenolic OH excluding ortho intramolecular Hbond substituents is 1. The molecule has 1 aromatic carbocycles. The minimum Gasteiger partial charge on any atom is -0.508 e. The third-order valence-electron chi connectivity index (χ3n) is 3.96. The van der Waals surface area contributed by atoms with E-state index in [1.54, 1.807) is 30.1 Å². The fourth-order valence-corrected chi connectivity index (χ4v) is 3.31. The number of carbonyl (C=O) groups excluding carboxylic acids is 1. The third kappa shape index (κ3) is 4.35. The highest BCUT2D eigenvalue weighted by molar-refractivity contribution is 7.98. The Morgan fingerprint density at radius 3 is 2.81 bits per heavy atom. The van der Waals surface area contributed by atoms with Gasteiger partial charge in [-0.25, -0.2) is 10.1 Å². The van der Waals surface area contributed by atoms with E-state index in [0.717, 1.165) is 0 Å². The maximum absolute atomic E-state index is 12.7. The van der Waals surface area contributed by atoms with E-state index in [1.807, 2.05) is 0 Å². The summed E-state index contributed by atoms with van der Waals surface area (Å²) in [7, 11) is 1.79. The summed E-state index contributed by atoms with van der Waals surface area (Å²) in [5, 5.41) is 36.8. The zero-order valence-corrected chi connectivity index (χ0v) is 16.8. The molecule has 3 aromatic heterocycles. The minimum absolute atomic E-state index is 0.00730. The number of nitrogens with zero attached hydrogens (tertiary/aromatic N) is 9. The van der Waals surface area contributed by atoms with Crippen molar-refractivity contribution in [3.05, 3.63) is 47.5 Å². The van der Waals surface area contributed by atoms with Crippen LogP contribution in [0.2, 0.25) is 0 Å². The van der Waals surface area contributed by atoms with Crippen LogP contribution in [-0.2, 0) is 12.8 Å². The first-order chi connectivity index (χ1) is 15.0. The molecule has 14 nitrogen and oxygen atoms in total. The fraction of sp³-hybridized carbons (Fsp3) is 0.125. The van der Waals surface area contributed by atoms with Gasteiger partial charge in [-0.05, 0) is 40.1 Å². The second kappa shape index (κ2) is 8.62. The lowest BCUT2D eigenvalue weighted by Gasteiger charge is -2.05. The minimum atomic E-state index is -0.593. The normalized spacial score (nSPS) is 11.3. The number of hydrogen-bond acceptors (Lipinski definition) is 12. The SMILES string of the molecule is Cn1cnnc1SCc1c(C(=O)NN=Cc2ccc(O)cc2)nnn1-c1nonc1N. The zero-order chi connectivity index (χ0) is 21.8. The number of hydrazone groups is 1. The van der Waals surface area contributed by atoms with Gasteiger partial charge in [-0.1, -0.05) is 17.0 Å². The van der Waals surface area contributed by atoms with Crippen LogP contribution in [0, 0.1) is 0 Å². The maximum Gasteiger partial charge on any atom is 0.293 e. The monoisotopic (exact) mass is 441 g/mol. The second-order valence-electron chi connectivity index (χ2n) is 6.07. The van der Waals surface area contributed by atoms with E-state index in [4.69, 9.17) is 5.73 Å². The molecule has 0 aliphatic rings. The predicted molar refractivity (Wildman–Crippen MR) is 107 cm³/mol. The van der Waals surface area contributed by atoms with E-state index in [9.17, 15) is 9.90 Å². The van der Waals surface area contributed by atoms with Crippen molar-refractivity contribution in [3.8, 4) is 11.6 Å². The van der Waals surface area contributed by atoms with Crippen LogP contribution in [-0.4, -0.2) is 57.3 Å². The summed E-state index contributed by atoms with van der Waals surface area (Å²) < 4.78 is 7.63. The molecule has 158 valence electrons. The van der Waals surface area contributed by atoms with E-state index in [1.165, 1.54) is 34.8 Å². The smallest absolute Gasteiger partial charge is 0.293 e. The van der Waals surface area contributed by atoms with Gasteiger partial charge in [-0.3, -0.25) is 4.79 Å². The number of hydrogen-bond donors (Lipinski definition) is 3. The lowest BCUT2D eigenvalue weighted by atomic mass is 10.2. The quantitative estimate of drug-likeness (QED) is 0.201. The van der Waals surface area contributed by atoms with Crippen molar-refractivity contribution in [2.24, 2.45) is 12.1 Å². The number of rotatable bonds is 7. The van der Waals surface area contributed by atoms with E-state index in [0.29, 0.717) is 16.4 Å². The van der Waals surface area contributed by atoms with Crippen LogP contribution >= 0.6 is 11.8 Å². The molecule has 0 saturated heterocycles. The number of nitrogens with one attached hydrogen (secondary N) is 1. The number of benzene rings is 1. The van der Waals surface area contributed by atoms with Gasteiger partial charge >= 0.3 is 0 Å². The Kier molecular flexibility index (Phi) is 5.57. The molecule has 3 heterocycles. The van der Waals surface area contributed by atoms with E-state index in [-0.39, 0.29) is 28.8 Å². The molecule has 4 rings (SSSR count). The summed E-state index contributed by atoms with van der Waals surface area (Å²) in [6.45, 7) is 0. The van der Waals surface area contributed by atoms with Crippen molar-refractivity contribution >= 4 is 29.7 Å². The molecule has 0 aliphatic heterocycles. The van der Waals surface area contributed by atoms with Crippen LogP contribution in [0.15, 0.2) is 45.5 Å². The molecular weight excluding hydrogens is 426 g/mol. The standard InChI is InChI=1S/C16H15N11O3S/c1-26-8-19-22-16(26)31-7-11-12(20-25-27(11)14-13(17)23-30-24-14)15(29)21-18-6-9-2-4-10(28)5-3-9/h2-6,8,28H,7H2,1H3,(H2,17,23)(H,21,29). The highest BCUT2D eigenvalue weighted by atomic mass is 32.2. The molecule has 1 amide bonds. The molecule has 0 bridgehead atoms. The summed E-state index contributed by atoms with van der Waals surface area (Å²) in [6.07, 6.45) is 2.98. The molecule has 0 atom stereocenters. The number of aromatic nitrogens is 8. The number of aryl methyl sites for hydroxylation is 1. The van der Waals surface area contributed by atoms with Gasteiger partial charge in [0.25, 0.3) is 5.91 Å². The topological polar surface area (TPSA) is 188 Å². The largest absolute Gasteiger partial charge is 0.508 e. The van der Waals surface area contributed by atoms with Crippen LogP contribution in [0.3, 0.4) is 0 Å². The third-order valence-corrected chi connectivity index (χ3v) is 5.00. The Bertz CT molecular complexity index is 1230. The number of anilines is 1. The summed E-state index contributed by atoms with van der Waals surface area (Å²) >= 11 is 1.31. The molecule has 31 heavy (non-hydrogen) atoms. The van der Waals surface area contributed by atoms with Crippen LogP contribution in [0.1, 0.15) is 21.7 Å². The average Bonchev–Trinajstić information content (AvgIpc) is 3.47. The molecule has 0 radical (unpaired) electrons. The fourth-order valence-electron chi connectivity index (χ4n) is 2.43. The molecule has 0 fully saturated rings. The number of amides is 1. The predicted octanol–water partition coefficient (Wildman–Crippen LogP) is 0.123. The Labute approximate surface area is 178 Å². The average molecular weight is 441 g/mol. The highest BCUT2D eigenvalue weighted by Gasteiger charge is 2.24. The number of carbonyl (C=O) groups is 1. The molecule has 0 spiro atoms. The van der Waals surface area contributed by atoms with Gasteiger partial charge in [0.15, 0.2) is 10.9 Å². The number of phenols is 1. The Morgan fingerprint density at radius 2 is 2.13 bits per heavy atom. The van der Waals surface area contributed by atoms with Crippen molar-refractivity contribution in [2.45, 2.75) is 10.9 Å². The Balaban J connectivity index is 1.57. The lowest BCUT2D eigenvalue weighted by molar-refractivity contribution is 0.0949. The van der Waals surface area contributed by atoms with E-state index in [2.05, 4.69) is 46.0 Å². The van der Waals surface area contributed by atoms with E-state index >= 15 is 0 Å². The van der Waals surface area contributed by atoms with Crippen molar-refractivity contribution in [1.82, 2.24) is 45.5 Å². The molecule has 4 N–H and O–H groups in total. The van der Waals surface area contributed by atoms with Gasteiger partial charge in [-0.2, -0.15) is 9.78 Å². The second-order valence-corrected chi connectivity index (χ2v) is 7.02. The van der Waals surface area contributed by atoms with Crippen molar-refractivity contribution in [3.63, 3.8) is 0 Å². The zero-order valence-electron chi connectivity index (χ0n) is 15.9. The van der Waals surface area contributed by atoms with Crippen LogP contribution < -0.4 is 11.2 Å². The first kappa shape index (κ1) is 20.0. The molecule has 15 heteroatoms. The van der Waals surface area contributed by atoms with Crippen LogP contribution in [0.5, 0.6) is 5.75 Å². The van der Waals surface area contributed by atoms with Gasteiger partial charge in [0.05, 0.1) is 11.9 Å². The Morgan fingerprint density at radius 1 is 1.32 bits per heavy atom. The number of nitrogen functional groups attached to an aromatic ring is 1. The van der Waals surface area contributed by atoms with Crippen molar-refractivity contribution < 1.29 is 14.5 Å². The first-order valence-corrected chi connectivity index (χ1v) is 9.63. The van der Waals surface area contributed by atoms with Crippen LogP contribution in [0.4, 0.5) is 5.82 Å². The van der Waals surface area contributed by atoms with Crippen LogP contribution in [0.25, 0.3) is 5.82 Å². The summed E-state index contributed by atoms with van der Waals surface area (Å²) in [5.41, 5.74) is 9.24. The van der Waals surface area contributed by atoms with E-state index < -0.39 is 5.91 Å². The highest BCUT2D eigenvalue weighted by Crippen LogP contribution is 2.24. The van der Waals surface area contributed by atoms with Gasteiger partial charge in [-0.15, -0.1) is 15.3 Å². The van der Waals surface area contributed by atoms with Gasteiger partial charge < -0.3 is 15.4 Å². The number of thioether (sulfide) groups is 1. The molecular formula is C16H15N11O3S. The van der Waals surface area contributed by atoms with Crippen molar-refractivity contribution in [2.75, 3.05) is 5.73 Å². The molecule has 4 aromatic rings. The number of nitrogens with two attached hydrogens (primary N) is 1. The lowest BCUT2D eigenvalue weighted by Crippen LogP contribution is -2.20. The van der Waals surface area contributed by atoms with Crippen molar-refractivity contribution in [1.29, 1.82) is 0 Å². The maximum atomic E-state index is 12.7. The molecule has 0 saturated carbocycles. The molecule has 0 aliphatic carbocycles.